The van der Waals surface area contributed by atoms with Crippen molar-refractivity contribution < 1.29 is 17.1 Å². The van der Waals surface area contributed by atoms with Gasteiger partial charge in [-0.1, -0.05) is 6.07 Å². The first-order valence-electron chi connectivity index (χ1n) is 8.43. The second-order valence-electron chi connectivity index (χ2n) is 6.74. The van der Waals surface area contributed by atoms with Gasteiger partial charge in [0, 0.05) is 16.9 Å². The molecule has 0 radical (unpaired) electrons. The molecule has 5 N–H and O–H groups in total. The lowest BCUT2D eigenvalue weighted by Gasteiger charge is -2.38. The summed E-state index contributed by atoms with van der Waals surface area (Å²) in [5, 5.41) is 2.62. The van der Waals surface area contributed by atoms with Crippen LogP contribution in [0.25, 0.3) is 0 Å². The van der Waals surface area contributed by atoms with Gasteiger partial charge in [0.2, 0.25) is 11.9 Å². The molecule has 0 aliphatic carbocycles. The van der Waals surface area contributed by atoms with Crippen molar-refractivity contribution in [1.82, 2.24) is 0 Å². The monoisotopic (exact) mass is 454 g/mol. The lowest BCUT2D eigenvalue weighted by Crippen LogP contribution is -2.54. The number of carbonyl (C=O) groups is 1. The van der Waals surface area contributed by atoms with Gasteiger partial charge in [0.05, 0.1) is 4.90 Å². The number of nitrogens with one attached hydrogen (secondary N) is 1. The Morgan fingerprint density at radius 3 is 2.33 bits per heavy atom. The van der Waals surface area contributed by atoms with Crippen LogP contribution in [0.5, 0.6) is 0 Å². The molecular weight excluding hydrogens is 435 g/mol. The topological polar surface area (TPSA) is 143 Å². The van der Waals surface area contributed by atoms with E-state index in [1.165, 1.54) is 12.1 Å². The molecule has 1 amide bonds. The Labute approximate surface area is 179 Å². The normalized spacial score (nSPS) is 15.5. The summed E-state index contributed by atoms with van der Waals surface area (Å²) in [6.07, 6.45) is 0. The fourth-order valence-corrected chi connectivity index (χ4v) is 3.40. The third-order valence-electron chi connectivity index (χ3n) is 4.15. The van der Waals surface area contributed by atoms with Crippen LogP contribution in [-0.4, -0.2) is 31.9 Å². The van der Waals surface area contributed by atoms with Gasteiger partial charge in [-0.15, -0.1) is 16.3 Å². The van der Waals surface area contributed by atoms with Crippen molar-refractivity contribution in [2.24, 2.45) is 21.5 Å². The molecule has 0 fully saturated rings. The summed E-state index contributed by atoms with van der Waals surface area (Å²) in [7, 11) is -4.80. The molecular formula is C18H20ClFN6O3S. The molecule has 1 heterocycles. The highest BCUT2D eigenvalue weighted by Gasteiger charge is 2.33. The maximum atomic E-state index is 13.0. The lowest BCUT2D eigenvalue weighted by atomic mass is 10.1. The molecule has 12 heteroatoms. The van der Waals surface area contributed by atoms with Gasteiger partial charge in [0.25, 0.3) is 5.91 Å². The van der Waals surface area contributed by atoms with E-state index in [-0.39, 0.29) is 24.3 Å². The number of aliphatic imine (C=N–C) groups is 2. The zero-order chi connectivity index (χ0) is 21.4. The number of hydrogen-bond donors (Lipinski definition) is 3. The van der Waals surface area contributed by atoms with E-state index >= 15 is 0 Å². The average Bonchev–Trinajstić information content (AvgIpc) is 2.60. The summed E-state index contributed by atoms with van der Waals surface area (Å²) in [5.41, 5.74) is 12.1. The predicted molar refractivity (Wildman–Crippen MR) is 116 cm³/mol. The molecule has 1 aliphatic heterocycles. The molecule has 0 spiro atoms. The lowest BCUT2D eigenvalue weighted by molar-refractivity contribution is 0.102. The number of carbonyl (C=O) groups excluding carboxylic acids is 1. The van der Waals surface area contributed by atoms with Gasteiger partial charge in [-0.2, -0.15) is 13.4 Å². The van der Waals surface area contributed by atoms with Gasteiger partial charge in [-0.05, 0) is 56.3 Å². The maximum absolute atomic E-state index is 13.0. The molecule has 1 aliphatic rings. The van der Waals surface area contributed by atoms with Crippen LogP contribution in [0, 0.1) is 0 Å². The molecule has 0 saturated carbocycles. The van der Waals surface area contributed by atoms with Crippen molar-refractivity contribution in [1.29, 1.82) is 0 Å². The van der Waals surface area contributed by atoms with Gasteiger partial charge in [0.15, 0.2) is 0 Å². The standard InChI is InChI=1S/C18H19FN6O3S.ClH/c1-18(2)24-16(20)23-17(21)25(18)13-5-3-4-11(10-13)15(26)22-12-6-8-14(9-7-12)29(19,27)28;/h3-10H,1-2H3,(H,22,26)(H4,20,21,23,24);1H. The summed E-state index contributed by atoms with van der Waals surface area (Å²) in [5.74, 6) is -0.240. The van der Waals surface area contributed by atoms with Crippen LogP contribution >= 0.6 is 12.4 Å². The van der Waals surface area contributed by atoms with Crippen LogP contribution in [-0.2, 0) is 10.2 Å². The highest BCUT2D eigenvalue weighted by atomic mass is 35.5. The molecule has 2 aromatic rings. The van der Waals surface area contributed by atoms with Crippen LogP contribution in [0.1, 0.15) is 24.2 Å². The number of rotatable bonds is 4. The number of halogens is 2. The minimum Gasteiger partial charge on any atom is -0.369 e. The predicted octanol–water partition coefficient (Wildman–Crippen LogP) is 2.20. The van der Waals surface area contributed by atoms with Crippen molar-refractivity contribution in [2.45, 2.75) is 24.4 Å². The molecule has 160 valence electrons. The highest BCUT2D eigenvalue weighted by Crippen LogP contribution is 2.28. The van der Waals surface area contributed by atoms with Crippen LogP contribution in [0.2, 0.25) is 0 Å². The number of anilines is 2. The zero-order valence-electron chi connectivity index (χ0n) is 16.0. The first-order chi connectivity index (χ1) is 13.5. The first kappa shape index (κ1) is 23.1. The van der Waals surface area contributed by atoms with Gasteiger partial charge >= 0.3 is 10.2 Å². The van der Waals surface area contributed by atoms with Gasteiger partial charge < -0.3 is 16.8 Å². The number of hydrogen-bond acceptors (Lipinski definition) is 8. The maximum Gasteiger partial charge on any atom is 0.332 e. The van der Waals surface area contributed by atoms with E-state index in [0.29, 0.717) is 16.9 Å². The average molecular weight is 455 g/mol. The van der Waals surface area contributed by atoms with E-state index in [1.54, 1.807) is 43.0 Å². The van der Waals surface area contributed by atoms with E-state index < -0.39 is 26.7 Å². The van der Waals surface area contributed by atoms with E-state index in [2.05, 4.69) is 15.3 Å². The Hall–Kier alpha value is -3.18. The van der Waals surface area contributed by atoms with E-state index in [0.717, 1.165) is 12.1 Å². The van der Waals surface area contributed by atoms with E-state index in [9.17, 15) is 17.1 Å². The Balaban J connectivity index is 0.00000320. The van der Waals surface area contributed by atoms with Crippen molar-refractivity contribution >= 4 is 51.8 Å². The first-order valence-corrected chi connectivity index (χ1v) is 9.81. The van der Waals surface area contributed by atoms with Crippen LogP contribution < -0.4 is 21.7 Å². The minimum absolute atomic E-state index is 0. The van der Waals surface area contributed by atoms with Gasteiger partial charge in [-0.25, -0.2) is 4.99 Å². The van der Waals surface area contributed by atoms with Crippen LogP contribution in [0.4, 0.5) is 15.3 Å². The van der Waals surface area contributed by atoms with E-state index in [1.807, 2.05) is 0 Å². The van der Waals surface area contributed by atoms with Gasteiger partial charge in [-0.3, -0.25) is 9.69 Å². The summed E-state index contributed by atoms with van der Waals surface area (Å²) >= 11 is 0. The molecule has 0 unspecified atom stereocenters. The highest BCUT2D eigenvalue weighted by molar-refractivity contribution is 7.86. The molecule has 9 nitrogen and oxygen atoms in total. The SMILES string of the molecule is CC1(C)N=C(N)N=C(N)N1c1cccc(C(=O)Nc2ccc(S(=O)(=O)F)cc2)c1.Cl. The Bertz CT molecular complexity index is 1130. The third kappa shape index (κ3) is 4.86. The molecule has 2 aromatic carbocycles. The molecule has 30 heavy (non-hydrogen) atoms. The number of amides is 1. The summed E-state index contributed by atoms with van der Waals surface area (Å²) in [4.78, 5) is 22.0. The summed E-state index contributed by atoms with van der Waals surface area (Å²) in [6.45, 7) is 3.60. The summed E-state index contributed by atoms with van der Waals surface area (Å²) < 4.78 is 34.7. The van der Waals surface area contributed by atoms with Crippen LogP contribution in [0.15, 0.2) is 63.4 Å². The van der Waals surface area contributed by atoms with Crippen molar-refractivity contribution in [2.75, 3.05) is 10.2 Å². The quantitative estimate of drug-likeness (QED) is 0.604. The van der Waals surface area contributed by atoms with E-state index in [4.69, 9.17) is 11.5 Å². The number of nitrogens with two attached hydrogens (primary N) is 2. The fourth-order valence-electron chi connectivity index (χ4n) is 2.94. The number of benzene rings is 2. The molecule has 0 saturated heterocycles. The smallest absolute Gasteiger partial charge is 0.332 e. The minimum atomic E-state index is -4.80. The summed E-state index contributed by atoms with van der Waals surface area (Å²) in [6, 6.07) is 11.4. The fraction of sp³-hybridized carbons (Fsp3) is 0.167. The molecule has 0 bridgehead atoms. The molecule has 3 rings (SSSR count). The Morgan fingerprint density at radius 1 is 1.13 bits per heavy atom. The molecule has 0 aromatic heterocycles. The largest absolute Gasteiger partial charge is 0.369 e. The zero-order valence-corrected chi connectivity index (χ0v) is 17.7. The number of guanidine groups is 2. The Kier molecular flexibility index (Phi) is 6.38. The second kappa shape index (κ2) is 8.28. The van der Waals surface area contributed by atoms with Crippen molar-refractivity contribution in [3.05, 3.63) is 54.1 Å². The second-order valence-corrected chi connectivity index (χ2v) is 8.08. The number of nitrogens with zero attached hydrogens (tertiary/aromatic N) is 3. The molecule has 0 atom stereocenters. The third-order valence-corrected chi connectivity index (χ3v) is 4.99. The van der Waals surface area contributed by atoms with Gasteiger partial charge in [0.1, 0.15) is 5.66 Å². The van der Waals surface area contributed by atoms with Crippen molar-refractivity contribution in [3.8, 4) is 0 Å². The Morgan fingerprint density at radius 2 is 1.77 bits per heavy atom. The van der Waals surface area contributed by atoms with Crippen molar-refractivity contribution in [3.63, 3.8) is 0 Å². The van der Waals surface area contributed by atoms with Crippen LogP contribution in [0.3, 0.4) is 0 Å².